The monoisotopic (exact) mass is 339 g/mol. The number of thioether (sulfide) groups is 1. The third-order valence-electron chi connectivity index (χ3n) is 5.61. The van der Waals surface area contributed by atoms with E-state index >= 15 is 0 Å². The number of piperidine rings is 1. The minimum absolute atomic E-state index is 0.433. The molecule has 3 nitrogen and oxygen atoms in total. The first kappa shape index (κ1) is 16.1. The number of fused-ring (bicyclic) bond motifs is 2. The van der Waals surface area contributed by atoms with Crippen LogP contribution in [0.2, 0.25) is 0 Å². The largest absolute Gasteiger partial charge is 0.316 e. The molecule has 1 unspecified atom stereocenters. The van der Waals surface area contributed by atoms with Crippen molar-refractivity contribution >= 4 is 11.8 Å². The van der Waals surface area contributed by atoms with Crippen molar-refractivity contribution in [3.63, 3.8) is 0 Å². The maximum absolute atomic E-state index is 7.26. The number of hydrogen-bond donors (Lipinski definition) is 1. The molecule has 0 radical (unpaired) electrons. The zero-order chi connectivity index (χ0) is 16.7. The summed E-state index contributed by atoms with van der Waals surface area (Å²) in [6.07, 6.45) is 4.15. The molecule has 2 aliphatic rings. The molecular weight excluding hydrogens is 314 g/mol. The lowest BCUT2D eigenvalue weighted by atomic mass is 9.71. The van der Waals surface area contributed by atoms with Gasteiger partial charge in [-0.25, -0.2) is 0 Å². The van der Waals surface area contributed by atoms with Gasteiger partial charge in [-0.2, -0.15) is 0 Å². The minimum atomic E-state index is -0.482. The molecule has 0 amide bonds. The van der Waals surface area contributed by atoms with E-state index < -0.39 is 5.54 Å². The summed E-state index contributed by atoms with van der Waals surface area (Å²) in [7, 11) is 2.20. The highest BCUT2D eigenvalue weighted by atomic mass is 32.2. The molecular formula is C20H25N3S. The standard InChI is InChI=1S/C20H25N3S/c1-14-5-6-17-18(12-14)24-13-15-4-3-9-22-19(15)20(17,21)16-7-10-23(2)11-8-16/h3-6,9,12,16H,7-8,10-11,13,21H2,1-2H3. The molecule has 3 heterocycles. The van der Waals surface area contributed by atoms with Crippen LogP contribution in [0.5, 0.6) is 0 Å². The fourth-order valence-electron chi connectivity index (χ4n) is 4.18. The van der Waals surface area contributed by atoms with Gasteiger partial charge in [0.15, 0.2) is 0 Å². The first-order valence-electron chi connectivity index (χ1n) is 8.75. The summed E-state index contributed by atoms with van der Waals surface area (Å²) in [5.41, 5.74) is 11.7. The Balaban J connectivity index is 1.90. The van der Waals surface area contributed by atoms with Crippen molar-refractivity contribution in [2.45, 2.75) is 36.0 Å². The lowest BCUT2D eigenvalue weighted by Gasteiger charge is -2.42. The molecule has 0 aliphatic carbocycles. The molecule has 1 fully saturated rings. The van der Waals surface area contributed by atoms with Gasteiger partial charge in [0.1, 0.15) is 0 Å². The maximum atomic E-state index is 7.26. The summed E-state index contributed by atoms with van der Waals surface area (Å²) in [5.74, 6) is 1.38. The second-order valence-corrected chi connectivity index (χ2v) is 8.26. The number of rotatable bonds is 1. The van der Waals surface area contributed by atoms with Crippen molar-refractivity contribution in [3.05, 3.63) is 58.9 Å². The van der Waals surface area contributed by atoms with Gasteiger partial charge < -0.3 is 10.6 Å². The minimum Gasteiger partial charge on any atom is -0.316 e. The summed E-state index contributed by atoms with van der Waals surface area (Å²) in [5, 5.41) is 0. The number of pyridine rings is 1. The lowest BCUT2D eigenvalue weighted by Crippen LogP contribution is -2.50. The molecule has 0 saturated carbocycles. The highest BCUT2D eigenvalue weighted by molar-refractivity contribution is 7.98. The Morgan fingerprint density at radius 1 is 1.25 bits per heavy atom. The summed E-state index contributed by atoms with van der Waals surface area (Å²) >= 11 is 1.90. The van der Waals surface area contributed by atoms with E-state index in [4.69, 9.17) is 10.7 Å². The van der Waals surface area contributed by atoms with E-state index in [0.29, 0.717) is 5.92 Å². The molecule has 2 N–H and O–H groups in total. The molecule has 1 saturated heterocycles. The van der Waals surface area contributed by atoms with Gasteiger partial charge in [0, 0.05) is 16.8 Å². The van der Waals surface area contributed by atoms with Gasteiger partial charge in [-0.3, -0.25) is 4.98 Å². The molecule has 1 atom stereocenters. The molecule has 1 aromatic heterocycles. The third-order valence-corrected chi connectivity index (χ3v) is 6.72. The van der Waals surface area contributed by atoms with Crippen molar-refractivity contribution in [1.29, 1.82) is 0 Å². The van der Waals surface area contributed by atoms with Crippen LogP contribution in [-0.2, 0) is 11.3 Å². The predicted molar refractivity (Wildman–Crippen MR) is 100 cm³/mol. The Morgan fingerprint density at radius 3 is 2.83 bits per heavy atom. The van der Waals surface area contributed by atoms with E-state index in [1.54, 1.807) is 0 Å². The van der Waals surface area contributed by atoms with E-state index in [2.05, 4.69) is 43.1 Å². The number of nitrogens with two attached hydrogens (primary N) is 1. The molecule has 4 heteroatoms. The van der Waals surface area contributed by atoms with Crippen LogP contribution in [0.15, 0.2) is 41.4 Å². The summed E-state index contributed by atoms with van der Waals surface area (Å²) < 4.78 is 0. The van der Waals surface area contributed by atoms with Crippen molar-refractivity contribution in [2.75, 3.05) is 20.1 Å². The summed E-state index contributed by atoms with van der Waals surface area (Å²) in [6.45, 7) is 4.38. The molecule has 2 aromatic rings. The highest BCUT2D eigenvalue weighted by Gasteiger charge is 2.44. The third kappa shape index (κ3) is 2.57. The van der Waals surface area contributed by atoms with Gasteiger partial charge in [-0.05, 0) is 74.6 Å². The average Bonchev–Trinajstić information content (AvgIpc) is 2.71. The maximum Gasteiger partial charge on any atom is 0.0882 e. The number of likely N-dealkylation sites (tertiary alicyclic amines) is 1. The highest BCUT2D eigenvalue weighted by Crippen LogP contribution is 2.47. The number of aromatic nitrogens is 1. The van der Waals surface area contributed by atoms with E-state index in [1.807, 2.05) is 24.0 Å². The molecule has 0 bridgehead atoms. The number of hydrogen-bond acceptors (Lipinski definition) is 4. The van der Waals surface area contributed by atoms with Crippen LogP contribution in [0.25, 0.3) is 0 Å². The number of benzene rings is 1. The molecule has 126 valence electrons. The molecule has 0 spiro atoms. The van der Waals surface area contributed by atoms with Crippen LogP contribution in [0.3, 0.4) is 0 Å². The van der Waals surface area contributed by atoms with Gasteiger partial charge in [-0.15, -0.1) is 11.8 Å². The number of nitrogens with zero attached hydrogens (tertiary/aromatic N) is 2. The van der Waals surface area contributed by atoms with Gasteiger partial charge >= 0.3 is 0 Å². The van der Waals surface area contributed by atoms with Gasteiger partial charge in [-0.1, -0.05) is 18.2 Å². The Morgan fingerprint density at radius 2 is 2.04 bits per heavy atom. The zero-order valence-electron chi connectivity index (χ0n) is 14.5. The van der Waals surface area contributed by atoms with E-state index in [9.17, 15) is 0 Å². The Kier molecular flexibility index (Phi) is 4.15. The van der Waals surface area contributed by atoms with Crippen LogP contribution < -0.4 is 5.73 Å². The zero-order valence-corrected chi connectivity index (χ0v) is 15.3. The van der Waals surface area contributed by atoms with Crippen molar-refractivity contribution in [1.82, 2.24) is 9.88 Å². The van der Waals surface area contributed by atoms with Crippen LogP contribution in [0.1, 0.15) is 35.2 Å². The number of aryl methyl sites for hydroxylation is 1. The lowest BCUT2D eigenvalue weighted by molar-refractivity contribution is 0.163. The SMILES string of the molecule is Cc1ccc2c(c1)SCc1cccnc1C2(N)C1CCN(C)CC1. The Bertz CT molecular complexity index is 752. The summed E-state index contributed by atoms with van der Waals surface area (Å²) in [6, 6.07) is 11.0. The van der Waals surface area contributed by atoms with Gasteiger partial charge in [0.05, 0.1) is 11.2 Å². The molecule has 1 aromatic carbocycles. The smallest absolute Gasteiger partial charge is 0.0882 e. The van der Waals surface area contributed by atoms with Crippen LogP contribution in [-0.4, -0.2) is 30.0 Å². The summed E-state index contributed by atoms with van der Waals surface area (Å²) in [4.78, 5) is 8.53. The Labute approximate surface area is 148 Å². The fraction of sp³-hybridized carbons (Fsp3) is 0.450. The van der Waals surface area contributed by atoms with E-state index in [0.717, 1.165) is 37.4 Å². The molecule has 24 heavy (non-hydrogen) atoms. The predicted octanol–water partition coefficient (Wildman–Crippen LogP) is 3.54. The van der Waals surface area contributed by atoms with Gasteiger partial charge in [0.2, 0.25) is 0 Å². The van der Waals surface area contributed by atoms with Crippen molar-refractivity contribution in [3.8, 4) is 0 Å². The van der Waals surface area contributed by atoms with Crippen LogP contribution in [0, 0.1) is 12.8 Å². The molecule has 4 rings (SSSR count). The first-order valence-corrected chi connectivity index (χ1v) is 9.73. The van der Waals surface area contributed by atoms with Gasteiger partial charge in [0.25, 0.3) is 0 Å². The van der Waals surface area contributed by atoms with Crippen LogP contribution >= 0.6 is 11.8 Å². The van der Waals surface area contributed by atoms with E-state index in [1.165, 1.54) is 21.6 Å². The first-order chi connectivity index (χ1) is 11.6. The van der Waals surface area contributed by atoms with Crippen molar-refractivity contribution < 1.29 is 0 Å². The molecule has 2 aliphatic heterocycles. The Hall–Kier alpha value is -1.36. The second kappa shape index (κ2) is 6.17. The van der Waals surface area contributed by atoms with E-state index in [-0.39, 0.29) is 0 Å². The quantitative estimate of drug-likeness (QED) is 0.863. The fourth-order valence-corrected chi connectivity index (χ4v) is 5.38. The topological polar surface area (TPSA) is 42.1 Å². The van der Waals surface area contributed by atoms with Crippen LogP contribution in [0.4, 0.5) is 0 Å². The average molecular weight is 340 g/mol. The second-order valence-electron chi connectivity index (χ2n) is 7.25. The van der Waals surface area contributed by atoms with Crippen molar-refractivity contribution in [2.24, 2.45) is 11.7 Å². The normalized spacial score (nSPS) is 25.0.